The first-order chi connectivity index (χ1) is 10.2. The molecular weight excluding hydrogens is 288 g/mol. The lowest BCUT2D eigenvalue weighted by molar-refractivity contribution is -0.384. The lowest BCUT2D eigenvalue weighted by Gasteiger charge is -2.21. The Bertz CT molecular complexity index is 601. The summed E-state index contributed by atoms with van der Waals surface area (Å²) in [6.45, 7) is 5.94. The first kappa shape index (κ1) is 15.2. The van der Waals surface area contributed by atoms with Gasteiger partial charge in [-0.05, 0) is 31.4 Å². The summed E-state index contributed by atoms with van der Waals surface area (Å²) in [5.41, 5.74) is 0.0371. The molecule has 2 aromatic rings. The van der Waals surface area contributed by atoms with Crippen LogP contribution in [0.1, 0.15) is 18.7 Å². The van der Waals surface area contributed by atoms with Gasteiger partial charge in [0.25, 0.3) is 0 Å². The second-order valence-corrected chi connectivity index (χ2v) is 5.45. The molecule has 0 aromatic carbocycles. The van der Waals surface area contributed by atoms with Gasteiger partial charge in [-0.15, -0.1) is 11.3 Å². The average Bonchev–Trinajstić information content (AvgIpc) is 2.97. The zero-order valence-electron chi connectivity index (χ0n) is 12.1. The van der Waals surface area contributed by atoms with Gasteiger partial charge in [-0.2, -0.15) is 0 Å². The number of hydrogen-bond acceptors (Lipinski definition) is 6. The normalized spacial score (nSPS) is 10.4. The quantitative estimate of drug-likeness (QED) is 0.626. The minimum Gasteiger partial charge on any atom is -0.370 e. The fourth-order valence-corrected chi connectivity index (χ4v) is 2.74. The molecule has 0 spiro atoms. The summed E-state index contributed by atoms with van der Waals surface area (Å²) < 4.78 is 0. The lowest BCUT2D eigenvalue weighted by Crippen LogP contribution is -2.24. The zero-order valence-corrected chi connectivity index (χ0v) is 12.9. The lowest BCUT2D eigenvalue weighted by atomic mass is 10.3. The van der Waals surface area contributed by atoms with Gasteiger partial charge in [-0.3, -0.25) is 10.1 Å². The summed E-state index contributed by atoms with van der Waals surface area (Å²) in [5, 5.41) is 16.3. The summed E-state index contributed by atoms with van der Waals surface area (Å²) >= 11 is 1.64. The summed E-state index contributed by atoms with van der Waals surface area (Å²) in [7, 11) is 0. The third kappa shape index (κ3) is 3.69. The highest BCUT2D eigenvalue weighted by molar-refractivity contribution is 7.09. The summed E-state index contributed by atoms with van der Waals surface area (Å²) in [4.78, 5) is 18.3. The van der Waals surface area contributed by atoms with Crippen molar-refractivity contribution in [3.63, 3.8) is 0 Å². The van der Waals surface area contributed by atoms with Gasteiger partial charge in [0.2, 0.25) is 5.82 Å². The molecule has 0 bridgehead atoms. The Balaban J connectivity index is 2.36. The van der Waals surface area contributed by atoms with Gasteiger partial charge in [0, 0.05) is 24.0 Å². The van der Waals surface area contributed by atoms with E-state index in [2.05, 4.69) is 10.3 Å². The fraction of sp³-hybridized carbons (Fsp3) is 0.357. The van der Waals surface area contributed by atoms with Crippen molar-refractivity contribution in [2.45, 2.75) is 20.4 Å². The van der Waals surface area contributed by atoms with Crippen LogP contribution in [0, 0.1) is 10.1 Å². The number of hydrogen-bond donors (Lipinski definition) is 1. The molecule has 0 aliphatic rings. The Hall–Kier alpha value is -2.15. The van der Waals surface area contributed by atoms with Crippen molar-refractivity contribution in [2.75, 3.05) is 23.3 Å². The van der Waals surface area contributed by atoms with Crippen LogP contribution in [0.5, 0.6) is 0 Å². The standard InChI is InChI=1S/C14H18N4O2S/c1-3-15-13-8-7-12(18(19)20)14(16-13)17(4-2)10-11-6-5-9-21-11/h5-9H,3-4,10H2,1-2H3,(H,15,16). The Labute approximate surface area is 127 Å². The molecule has 6 nitrogen and oxygen atoms in total. The number of anilines is 2. The largest absolute Gasteiger partial charge is 0.370 e. The van der Waals surface area contributed by atoms with Gasteiger partial charge >= 0.3 is 5.69 Å². The molecule has 0 unspecified atom stereocenters. The molecule has 112 valence electrons. The highest BCUT2D eigenvalue weighted by Crippen LogP contribution is 2.29. The van der Waals surface area contributed by atoms with Crippen LogP contribution in [0.4, 0.5) is 17.3 Å². The van der Waals surface area contributed by atoms with Crippen molar-refractivity contribution in [2.24, 2.45) is 0 Å². The Kier molecular flexibility index (Phi) is 5.10. The average molecular weight is 306 g/mol. The van der Waals surface area contributed by atoms with Crippen LogP contribution in [0.2, 0.25) is 0 Å². The minimum atomic E-state index is -0.380. The van der Waals surface area contributed by atoms with E-state index in [1.54, 1.807) is 17.4 Å². The second kappa shape index (κ2) is 7.03. The number of thiophene rings is 1. The SMILES string of the molecule is CCNc1ccc([N+](=O)[O-])c(N(CC)Cc2cccs2)n1. The number of nitro groups is 1. The maximum absolute atomic E-state index is 11.2. The molecule has 7 heteroatoms. The summed E-state index contributed by atoms with van der Waals surface area (Å²) in [6.07, 6.45) is 0. The number of nitrogens with one attached hydrogen (secondary N) is 1. The highest BCUT2D eigenvalue weighted by Gasteiger charge is 2.21. The third-order valence-electron chi connectivity index (χ3n) is 3.02. The van der Waals surface area contributed by atoms with Crippen LogP contribution in [-0.4, -0.2) is 23.0 Å². The Morgan fingerprint density at radius 3 is 2.76 bits per heavy atom. The van der Waals surface area contributed by atoms with Gasteiger partial charge in [-0.1, -0.05) is 6.07 Å². The van der Waals surface area contributed by atoms with E-state index in [1.165, 1.54) is 6.07 Å². The van der Waals surface area contributed by atoms with Crippen LogP contribution in [0.25, 0.3) is 0 Å². The van der Waals surface area contributed by atoms with Crippen molar-refractivity contribution < 1.29 is 4.92 Å². The van der Waals surface area contributed by atoms with E-state index in [9.17, 15) is 10.1 Å². The second-order valence-electron chi connectivity index (χ2n) is 4.42. The van der Waals surface area contributed by atoms with E-state index >= 15 is 0 Å². The Morgan fingerprint density at radius 2 is 2.19 bits per heavy atom. The molecule has 0 saturated heterocycles. The molecule has 2 heterocycles. The molecule has 2 aromatic heterocycles. The molecule has 0 atom stereocenters. The minimum absolute atomic E-state index is 0.0371. The number of aromatic nitrogens is 1. The third-order valence-corrected chi connectivity index (χ3v) is 3.88. The molecule has 21 heavy (non-hydrogen) atoms. The van der Waals surface area contributed by atoms with E-state index in [0.717, 1.165) is 11.4 Å². The molecule has 0 aliphatic carbocycles. The predicted molar refractivity (Wildman–Crippen MR) is 86.1 cm³/mol. The topological polar surface area (TPSA) is 71.3 Å². The van der Waals surface area contributed by atoms with Crippen molar-refractivity contribution in [3.05, 3.63) is 44.6 Å². The molecular formula is C14H18N4O2S. The van der Waals surface area contributed by atoms with E-state index in [0.29, 0.717) is 24.7 Å². The van der Waals surface area contributed by atoms with Gasteiger partial charge in [-0.25, -0.2) is 4.98 Å². The number of nitrogens with zero attached hydrogens (tertiary/aromatic N) is 3. The van der Waals surface area contributed by atoms with Crippen LogP contribution < -0.4 is 10.2 Å². The monoisotopic (exact) mass is 306 g/mol. The molecule has 0 radical (unpaired) electrons. The van der Waals surface area contributed by atoms with Crippen molar-refractivity contribution in [3.8, 4) is 0 Å². The maximum atomic E-state index is 11.2. The van der Waals surface area contributed by atoms with Gasteiger partial charge in [0.05, 0.1) is 11.5 Å². The van der Waals surface area contributed by atoms with E-state index in [4.69, 9.17) is 0 Å². The van der Waals surface area contributed by atoms with E-state index in [1.807, 2.05) is 36.3 Å². The number of pyridine rings is 1. The van der Waals surface area contributed by atoms with Gasteiger partial charge in [0.15, 0.2) is 0 Å². The first-order valence-corrected chi connectivity index (χ1v) is 7.70. The fourth-order valence-electron chi connectivity index (χ4n) is 2.02. The molecule has 0 amide bonds. The van der Waals surface area contributed by atoms with Crippen LogP contribution >= 0.6 is 11.3 Å². The summed E-state index contributed by atoms with van der Waals surface area (Å²) in [6, 6.07) is 7.15. The maximum Gasteiger partial charge on any atom is 0.311 e. The van der Waals surface area contributed by atoms with Crippen molar-refractivity contribution in [1.82, 2.24) is 4.98 Å². The molecule has 0 aliphatic heterocycles. The smallest absolute Gasteiger partial charge is 0.311 e. The predicted octanol–water partition coefficient (Wildman–Crippen LogP) is 3.51. The Morgan fingerprint density at radius 1 is 1.38 bits per heavy atom. The molecule has 2 rings (SSSR count). The zero-order chi connectivity index (χ0) is 15.2. The van der Waals surface area contributed by atoms with Gasteiger partial charge in [0.1, 0.15) is 5.82 Å². The van der Waals surface area contributed by atoms with Crippen molar-refractivity contribution in [1.29, 1.82) is 0 Å². The molecule has 1 N–H and O–H groups in total. The van der Waals surface area contributed by atoms with Crippen LogP contribution in [-0.2, 0) is 6.54 Å². The van der Waals surface area contributed by atoms with Crippen LogP contribution in [0.15, 0.2) is 29.6 Å². The van der Waals surface area contributed by atoms with E-state index < -0.39 is 0 Å². The first-order valence-electron chi connectivity index (χ1n) is 6.82. The number of rotatable bonds is 7. The van der Waals surface area contributed by atoms with Crippen LogP contribution in [0.3, 0.4) is 0 Å². The summed E-state index contributed by atoms with van der Waals surface area (Å²) in [5.74, 6) is 1.07. The van der Waals surface area contributed by atoms with Gasteiger partial charge < -0.3 is 10.2 Å². The molecule has 0 saturated carbocycles. The highest BCUT2D eigenvalue weighted by atomic mass is 32.1. The molecule has 0 fully saturated rings. The van der Waals surface area contributed by atoms with Crippen molar-refractivity contribution >= 4 is 28.7 Å². The van der Waals surface area contributed by atoms with E-state index in [-0.39, 0.29) is 10.6 Å².